The Morgan fingerprint density at radius 1 is 0.340 bits per heavy atom. The van der Waals surface area contributed by atoms with Crippen LogP contribution >= 0.6 is 0 Å². The Bertz CT molecular complexity index is 3170. The smallest absolute Gasteiger partial charge is 0.145 e. The number of nitrogens with zero attached hydrogens (tertiary/aromatic N) is 1. The number of anilines is 3. The Hall–Kier alpha value is -7.10. The molecule has 0 radical (unpaired) electrons. The van der Waals surface area contributed by atoms with Crippen molar-refractivity contribution in [3.8, 4) is 22.3 Å². The van der Waals surface area contributed by atoms with Crippen LogP contribution in [0.1, 0.15) is 0 Å². The van der Waals surface area contributed by atoms with E-state index in [4.69, 9.17) is 8.83 Å². The van der Waals surface area contributed by atoms with Crippen molar-refractivity contribution in [2.75, 3.05) is 4.90 Å². The minimum absolute atomic E-state index is 0.849. The van der Waals surface area contributed by atoms with Crippen molar-refractivity contribution in [1.29, 1.82) is 0 Å². The molecule has 248 valence electrons. The molecule has 0 unspecified atom stereocenters. The average Bonchev–Trinajstić information content (AvgIpc) is 3.81. The largest absolute Gasteiger partial charge is 0.456 e. The van der Waals surface area contributed by atoms with Gasteiger partial charge in [0, 0.05) is 22.0 Å². The molecule has 0 atom stereocenters. The standard InChI is InChI=1S/C50H31NO2/c1-3-12-32(13-4-1)36-25-27-41-47(30-36)53-50-39(33-14-5-2-6-15-33)28-29-44(49(41)50)51(43-19-11-21-46-48(43)40-18-9-10-20-45(40)52-46)37-26-24-35-23-22-34-16-7-8-17-38(34)42(35)31-37/h1-31H. The molecular formula is C50H31NO2. The monoisotopic (exact) mass is 677 g/mol. The van der Waals surface area contributed by atoms with Crippen LogP contribution in [0.3, 0.4) is 0 Å². The lowest BCUT2D eigenvalue weighted by Crippen LogP contribution is -2.11. The number of furan rings is 2. The molecule has 0 spiro atoms. The summed E-state index contributed by atoms with van der Waals surface area (Å²) < 4.78 is 13.5. The molecule has 3 nitrogen and oxygen atoms in total. The predicted octanol–water partition coefficient (Wildman–Crippen LogP) is 14.6. The first-order chi connectivity index (χ1) is 26.3. The summed E-state index contributed by atoms with van der Waals surface area (Å²) >= 11 is 0. The fraction of sp³-hybridized carbons (Fsp3) is 0. The lowest BCUT2D eigenvalue weighted by atomic mass is 9.97. The summed E-state index contributed by atoms with van der Waals surface area (Å²) in [6, 6.07) is 66.7. The fourth-order valence-corrected chi connectivity index (χ4v) is 8.18. The Kier molecular flexibility index (Phi) is 6.55. The van der Waals surface area contributed by atoms with E-state index in [-0.39, 0.29) is 0 Å². The van der Waals surface area contributed by atoms with Gasteiger partial charge in [-0.15, -0.1) is 0 Å². The third-order valence-corrected chi connectivity index (χ3v) is 10.6. The molecule has 11 rings (SSSR count). The molecule has 0 aliphatic heterocycles. The highest BCUT2D eigenvalue weighted by Crippen LogP contribution is 2.49. The third kappa shape index (κ3) is 4.68. The molecule has 11 aromatic rings. The Morgan fingerprint density at radius 3 is 1.85 bits per heavy atom. The summed E-state index contributed by atoms with van der Waals surface area (Å²) in [6.45, 7) is 0. The number of hydrogen-bond donors (Lipinski definition) is 0. The van der Waals surface area contributed by atoms with Crippen LogP contribution in [0.2, 0.25) is 0 Å². The molecule has 0 fully saturated rings. The van der Waals surface area contributed by atoms with Gasteiger partial charge in [0.1, 0.15) is 22.3 Å². The predicted molar refractivity (Wildman–Crippen MR) is 222 cm³/mol. The van der Waals surface area contributed by atoms with Crippen molar-refractivity contribution in [3.63, 3.8) is 0 Å². The quantitative estimate of drug-likeness (QED) is 0.170. The van der Waals surface area contributed by atoms with Gasteiger partial charge < -0.3 is 13.7 Å². The SMILES string of the molecule is c1ccc(-c2ccc3c(c2)oc2c(-c4ccccc4)ccc(N(c4ccc5ccc6ccccc6c5c4)c4cccc5oc6ccccc6c45)c23)cc1. The van der Waals surface area contributed by atoms with Crippen LogP contribution in [-0.4, -0.2) is 0 Å². The second kappa shape index (κ2) is 11.7. The van der Waals surface area contributed by atoms with Crippen molar-refractivity contribution in [1.82, 2.24) is 0 Å². The van der Waals surface area contributed by atoms with E-state index in [9.17, 15) is 0 Å². The first kappa shape index (κ1) is 29.6. The highest BCUT2D eigenvalue weighted by molar-refractivity contribution is 6.20. The summed E-state index contributed by atoms with van der Waals surface area (Å²) in [7, 11) is 0. The second-order valence-corrected chi connectivity index (χ2v) is 13.7. The second-order valence-electron chi connectivity index (χ2n) is 13.7. The molecule has 2 aromatic heterocycles. The van der Waals surface area contributed by atoms with E-state index in [1.54, 1.807) is 0 Å². The van der Waals surface area contributed by atoms with Crippen molar-refractivity contribution in [2.24, 2.45) is 0 Å². The zero-order valence-electron chi connectivity index (χ0n) is 28.7. The molecule has 0 aliphatic rings. The van der Waals surface area contributed by atoms with Crippen LogP contribution in [0.5, 0.6) is 0 Å². The Labute approximate surface area is 305 Å². The maximum Gasteiger partial charge on any atom is 0.145 e. The third-order valence-electron chi connectivity index (χ3n) is 10.6. The molecule has 0 aliphatic carbocycles. The number of fused-ring (bicyclic) bond motifs is 9. The first-order valence-electron chi connectivity index (χ1n) is 18.0. The van der Waals surface area contributed by atoms with Gasteiger partial charge in [-0.1, -0.05) is 133 Å². The molecule has 0 saturated heterocycles. The maximum atomic E-state index is 6.99. The summed E-state index contributed by atoms with van der Waals surface area (Å²) in [4.78, 5) is 2.41. The van der Waals surface area contributed by atoms with Gasteiger partial charge in [-0.3, -0.25) is 0 Å². The topological polar surface area (TPSA) is 29.5 Å². The van der Waals surface area contributed by atoms with Crippen LogP contribution < -0.4 is 4.90 Å². The molecule has 0 bridgehead atoms. The van der Waals surface area contributed by atoms with Crippen molar-refractivity contribution < 1.29 is 8.83 Å². The highest BCUT2D eigenvalue weighted by atomic mass is 16.3. The highest BCUT2D eigenvalue weighted by Gasteiger charge is 2.25. The molecule has 0 N–H and O–H groups in total. The normalized spacial score (nSPS) is 11.8. The van der Waals surface area contributed by atoms with Crippen LogP contribution in [0.15, 0.2) is 197 Å². The molecule has 3 heteroatoms. The van der Waals surface area contributed by atoms with Gasteiger partial charge >= 0.3 is 0 Å². The minimum atomic E-state index is 0.849. The first-order valence-corrected chi connectivity index (χ1v) is 18.0. The summed E-state index contributed by atoms with van der Waals surface area (Å²) in [5, 5.41) is 9.12. The van der Waals surface area contributed by atoms with Crippen LogP contribution in [-0.2, 0) is 0 Å². The van der Waals surface area contributed by atoms with Crippen molar-refractivity contribution >= 4 is 82.5 Å². The minimum Gasteiger partial charge on any atom is -0.456 e. The molecule has 9 aromatic carbocycles. The van der Waals surface area contributed by atoms with Crippen LogP contribution in [0.25, 0.3) is 87.7 Å². The summed E-state index contributed by atoms with van der Waals surface area (Å²) in [5.74, 6) is 0. The van der Waals surface area contributed by atoms with Gasteiger partial charge in [-0.05, 0) is 92.8 Å². The van der Waals surface area contributed by atoms with Gasteiger partial charge in [0.2, 0.25) is 0 Å². The zero-order chi connectivity index (χ0) is 34.9. The van der Waals surface area contributed by atoms with E-state index in [1.165, 1.54) is 21.5 Å². The molecule has 53 heavy (non-hydrogen) atoms. The van der Waals surface area contributed by atoms with Gasteiger partial charge in [-0.2, -0.15) is 0 Å². The van der Waals surface area contributed by atoms with E-state index < -0.39 is 0 Å². The molecule has 0 saturated carbocycles. The van der Waals surface area contributed by atoms with Crippen molar-refractivity contribution in [3.05, 3.63) is 188 Å². The van der Waals surface area contributed by atoms with Gasteiger partial charge in [-0.25, -0.2) is 0 Å². The van der Waals surface area contributed by atoms with E-state index in [2.05, 4.69) is 181 Å². The number of hydrogen-bond acceptors (Lipinski definition) is 3. The Balaban J connectivity index is 1.26. The summed E-state index contributed by atoms with van der Waals surface area (Å²) in [6.07, 6.45) is 0. The molecule has 2 heterocycles. The number of benzene rings is 9. The lowest BCUT2D eigenvalue weighted by molar-refractivity contribution is 0.669. The van der Waals surface area contributed by atoms with E-state index in [0.29, 0.717) is 0 Å². The van der Waals surface area contributed by atoms with E-state index in [1.807, 2.05) is 12.1 Å². The number of para-hydroxylation sites is 1. The van der Waals surface area contributed by atoms with Crippen molar-refractivity contribution in [2.45, 2.75) is 0 Å². The number of rotatable bonds is 5. The molecular weight excluding hydrogens is 647 g/mol. The van der Waals surface area contributed by atoms with Gasteiger partial charge in [0.15, 0.2) is 0 Å². The van der Waals surface area contributed by atoms with Crippen LogP contribution in [0.4, 0.5) is 17.1 Å². The maximum absolute atomic E-state index is 6.99. The Morgan fingerprint density at radius 2 is 1.00 bits per heavy atom. The average molecular weight is 678 g/mol. The zero-order valence-corrected chi connectivity index (χ0v) is 28.7. The fourth-order valence-electron chi connectivity index (χ4n) is 8.18. The lowest BCUT2D eigenvalue weighted by Gasteiger charge is -2.28. The van der Waals surface area contributed by atoms with E-state index >= 15 is 0 Å². The molecule has 0 amide bonds. The van der Waals surface area contributed by atoms with Gasteiger partial charge in [0.05, 0.1) is 22.1 Å². The van der Waals surface area contributed by atoms with Gasteiger partial charge in [0.25, 0.3) is 0 Å². The summed E-state index contributed by atoms with van der Waals surface area (Å²) in [5.41, 5.74) is 11.0. The van der Waals surface area contributed by atoms with Crippen LogP contribution in [0, 0.1) is 0 Å². The van der Waals surface area contributed by atoms with E-state index in [0.717, 1.165) is 83.2 Å².